The van der Waals surface area contributed by atoms with Gasteiger partial charge in [0.15, 0.2) is 0 Å². The van der Waals surface area contributed by atoms with Gasteiger partial charge in [0.1, 0.15) is 0 Å². The molecule has 0 aliphatic heterocycles. The van der Waals surface area contributed by atoms with Gasteiger partial charge in [-0.15, -0.1) is 0 Å². The first-order valence-electron chi connectivity index (χ1n) is 8.68. The smallest absolute Gasteiger partial charge is 0.251 e. The van der Waals surface area contributed by atoms with Gasteiger partial charge in [0.2, 0.25) is 10.0 Å². The van der Waals surface area contributed by atoms with Gasteiger partial charge in [-0.1, -0.05) is 18.2 Å². The van der Waals surface area contributed by atoms with Gasteiger partial charge in [0, 0.05) is 11.6 Å². The van der Waals surface area contributed by atoms with E-state index in [1.54, 1.807) is 12.1 Å². The van der Waals surface area contributed by atoms with Crippen LogP contribution in [-0.4, -0.2) is 26.6 Å². The molecular formula is C20H24N2O3S. The third kappa shape index (κ3) is 4.64. The van der Waals surface area contributed by atoms with Crippen molar-refractivity contribution in [2.24, 2.45) is 0 Å². The fourth-order valence-electron chi connectivity index (χ4n) is 2.92. The summed E-state index contributed by atoms with van der Waals surface area (Å²) in [6, 6.07) is 13.2. The fraction of sp³-hybridized carbons (Fsp3) is 0.350. The van der Waals surface area contributed by atoms with Crippen LogP contribution in [0.3, 0.4) is 0 Å². The van der Waals surface area contributed by atoms with Crippen LogP contribution in [-0.2, 0) is 16.6 Å². The lowest BCUT2D eigenvalue weighted by Crippen LogP contribution is -2.29. The Morgan fingerprint density at radius 2 is 1.65 bits per heavy atom. The molecule has 5 nitrogen and oxygen atoms in total. The first-order chi connectivity index (χ1) is 12.2. The van der Waals surface area contributed by atoms with E-state index in [0.29, 0.717) is 17.3 Å². The lowest BCUT2D eigenvalue weighted by atomic mass is 10.1. The van der Waals surface area contributed by atoms with Gasteiger partial charge < -0.3 is 5.32 Å². The van der Waals surface area contributed by atoms with Crippen molar-refractivity contribution >= 4 is 21.6 Å². The number of hydrogen-bond donors (Lipinski definition) is 1. The Bertz CT molecular complexity index is 896. The zero-order chi connectivity index (χ0) is 18.9. The highest BCUT2D eigenvalue weighted by Gasteiger charge is 2.24. The Morgan fingerprint density at radius 1 is 1.08 bits per heavy atom. The van der Waals surface area contributed by atoms with Crippen molar-refractivity contribution in [2.45, 2.75) is 39.3 Å². The van der Waals surface area contributed by atoms with Crippen LogP contribution < -0.4 is 9.62 Å². The normalized spacial score (nSPS) is 14.1. The number of anilines is 1. The van der Waals surface area contributed by atoms with Crippen LogP contribution in [0.5, 0.6) is 0 Å². The van der Waals surface area contributed by atoms with E-state index < -0.39 is 10.0 Å². The molecule has 0 bridgehead atoms. The van der Waals surface area contributed by atoms with Crippen LogP contribution in [0.2, 0.25) is 0 Å². The summed E-state index contributed by atoms with van der Waals surface area (Å²) in [6.45, 7) is 4.13. The highest BCUT2D eigenvalue weighted by Crippen LogP contribution is 2.24. The molecule has 1 N–H and O–H groups in total. The number of aryl methyl sites for hydroxylation is 2. The minimum Gasteiger partial charge on any atom is -0.349 e. The minimum absolute atomic E-state index is 0.0756. The summed E-state index contributed by atoms with van der Waals surface area (Å²) in [5.41, 5.74) is 4.11. The molecule has 1 fully saturated rings. The summed E-state index contributed by atoms with van der Waals surface area (Å²) in [6.07, 6.45) is 3.30. The van der Waals surface area contributed by atoms with E-state index >= 15 is 0 Å². The van der Waals surface area contributed by atoms with E-state index in [1.165, 1.54) is 10.6 Å². The molecule has 2 aromatic carbocycles. The second kappa shape index (κ2) is 7.11. The second-order valence-corrected chi connectivity index (χ2v) is 8.97. The predicted octanol–water partition coefficient (Wildman–Crippen LogP) is 3.16. The highest BCUT2D eigenvalue weighted by molar-refractivity contribution is 7.92. The molecule has 138 valence electrons. The summed E-state index contributed by atoms with van der Waals surface area (Å²) in [5, 5.41) is 2.95. The first-order valence-corrected chi connectivity index (χ1v) is 10.5. The number of nitrogens with one attached hydrogen (secondary N) is 1. The molecule has 6 heteroatoms. The molecule has 1 aliphatic carbocycles. The standard InChI is InChI=1S/C20H24N2O3S/c1-14-10-15(2)12-19(11-14)22(26(3,24)25)13-16-4-6-17(7-5-16)20(23)21-18-8-9-18/h4-7,10-12,18H,8-9,13H2,1-3H3,(H,21,23). The zero-order valence-electron chi connectivity index (χ0n) is 15.3. The molecule has 0 radical (unpaired) electrons. The number of hydrogen-bond acceptors (Lipinski definition) is 3. The molecule has 0 aromatic heterocycles. The summed E-state index contributed by atoms with van der Waals surface area (Å²) < 4.78 is 26.0. The van der Waals surface area contributed by atoms with Crippen LogP contribution in [0.4, 0.5) is 5.69 Å². The highest BCUT2D eigenvalue weighted by atomic mass is 32.2. The third-order valence-corrected chi connectivity index (χ3v) is 5.49. The van der Waals surface area contributed by atoms with Crippen molar-refractivity contribution in [2.75, 3.05) is 10.6 Å². The Kier molecular flexibility index (Phi) is 5.05. The van der Waals surface area contributed by atoms with Crippen LogP contribution >= 0.6 is 0 Å². The molecule has 26 heavy (non-hydrogen) atoms. The van der Waals surface area contributed by atoms with E-state index in [-0.39, 0.29) is 12.5 Å². The summed E-state index contributed by atoms with van der Waals surface area (Å²) in [5.74, 6) is -0.0756. The lowest BCUT2D eigenvalue weighted by Gasteiger charge is -2.23. The maximum Gasteiger partial charge on any atom is 0.251 e. The number of nitrogens with zero attached hydrogens (tertiary/aromatic N) is 1. The van der Waals surface area contributed by atoms with E-state index in [2.05, 4.69) is 5.32 Å². The van der Waals surface area contributed by atoms with Gasteiger partial charge in [-0.25, -0.2) is 8.42 Å². The van der Waals surface area contributed by atoms with Gasteiger partial charge in [-0.3, -0.25) is 9.10 Å². The molecule has 0 heterocycles. The van der Waals surface area contributed by atoms with E-state index in [9.17, 15) is 13.2 Å². The van der Waals surface area contributed by atoms with Crippen molar-refractivity contribution in [3.8, 4) is 0 Å². The molecule has 1 saturated carbocycles. The van der Waals surface area contributed by atoms with Crippen molar-refractivity contribution in [1.29, 1.82) is 0 Å². The SMILES string of the molecule is Cc1cc(C)cc(N(Cc2ccc(C(=O)NC3CC3)cc2)S(C)(=O)=O)c1. The molecule has 0 spiro atoms. The Labute approximate surface area is 155 Å². The molecule has 0 unspecified atom stereocenters. The van der Waals surface area contributed by atoms with E-state index in [0.717, 1.165) is 29.5 Å². The Morgan fingerprint density at radius 3 is 2.15 bits per heavy atom. The fourth-order valence-corrected chi connectivity index (χ4v) is 3.79. The maximum atomic E-state index is 12.3. The van der Waals surface area contributed by atoms with E-state index in [1.807, 2.05) is 44.2 Å². The second-order valence-electron chi connectivity index (χ2n) is 7.06. The molecule has 3 rings (SSSR count). The van der Waals surface area contributed by atoms with Gasteiger partial charge in [-0.2, -0.15) is 0 Å². The molecule has 1 amide bonds. The Hall–Kier alpha value is -2.34. The molecule has 1 aliphatic rings. The number of carbonyl (C=O) groups is 1. The van der Waals surface area contributed by atoms with Crippen LogP contribution in [0, 0.1) is 13.8 Å². The van der Waals surface area contributed by atoms with Crippen molar-refractivity contribution in [1.82, 2.24) is 5.32 Å². The number of benzene rings is 2. The van der Waals surface area contributed by atoms with E-state index in [4.69, 9.17) is 0 Å². The topological polar surface area (TPSA) is 66.5 Å². The van der Waals surface area contributed by atoms with Crippen molar-refractivity contribution in [3.05, 3.63) is 64.7 Å². The maximum absolute atomic E-state index is 12.3. The molecule has 2 aromatic rings. The average molecular weight is 372 g/mol. The molecular weight excluding hydrogens is 348 g/mol. The van der Waals surface area contributed by atoms with Crippen LogP contribution in [0.15, 0.2) is 42.5 Å². The number of rotatable bonds is 6. The number of sulfonamides is 1. The summed E-state index contributed by atoms with van der Waals surface area (Å²) >= 11 is 0. The molecule has 0 saturated heterocycles. The quantitative estimate of drug-likeness (QED) is 0.847. The largest absolute Gasteiger partial charge is 0.349 e. The van der Waals surface area contributed by atoms with Gasteiger partial charge in [0.25, 0.3) is 5.91 Å². The predicted molar refractivity (Wildman–Crippen MR) is 104 cm³/mol. The van der Waals surface area contributed by atoms with Crippen molar-refractivity contribution in [3.63, 3.8) is 0 Å². The van der Waals surface area contributed by atoms with Crippen molar-refractivity contribution < 1.29 is 13.2 Å². The Balaban J connectivity index is 1.81. The zero-order valence-corrected chi connectivity index (χ0v) is 16.1. The number of carbonyl (C=O) groups excluding carboxylic acids is 1. The minimum atomic E-state index is -3.43. The van der Waals surface area contributed by atoms with Crippen LogP contribution in [0.25, 0.3) is 0 Å². The monoisotopic (exact) mass is 372 g/mol. The third-order valence-electron chi connectivity index (χ3n) is 4.35. The summed E-state index contributed by atoms with van der Waals surface area (Å²) in [7, 11) is -3.43. The number of amides is 1. The summed E-state index contributed by atoms with van der Waals surface area (Å²) in [4.78, 5) is 12.1. The van der Waals surface area contributed by atoms with Crippen LogP contribution in [0.1, 0.15) is 39.9 Å². The average Bonchev–Trinajstić information content (AvgIpc) is 3.35. The lowest BCUT2D eigenvalue weighted by molar-refractivity contribution is 0.0951. The molecule has 0 atom stereocenters. The van der Waals surface area contributed by atoms with Gasteiger partial charge in [-0.05, 0) is 67.6 Å². The first kappa shape index (κ1) is 18.5. The van der Waals surface area contributed by atoms with Gasteiger partial charge in [0.05, 0.1) is 18.5 Å². The van der Waals surface area contributed by atoms with Gasteiger partial charge >= 0.3 is 0 Å².